The fourth-order valence-electron chi connectivity index (χ4n) is 8.27. The highest BCUT2D eigenvalue weighted by Crippen LogP contribution is 2.43. The van der Waals surface area contributed by atoms with E-state index in [1.807, 2.05) is 0 Å². The lowest BCUT2D eigenvalue weighted by atomic mass is 9.93. The average molecular weight is 771 g/mol. The number of carbonyl (C=O) groups excluding carboxylic acids is 2. The maximum Gasteiger partial charge on any atom is 0.305 e. The number of fused-ring (bicyclic) bond motifs is 8. The van der Waals surface area contributed by atoms with Crippen LogP contribution in [-0.2, 0) is 31.9 Å². The number of nitrogens with zero attached hydrogens (tertiary/aromatic N) is 2. The van der Waals surface area contributed by atoms with Gasteiger partial charge in [0.1, 0.15) is 5.75 Å². The fourth-order valence-corrected chi connectivity index (χ4v) is 8.27. The number of esters is 2. The fraction of sp³-hybridized carbons (Fsp3) is 0.417. The number of carbonyl (C=O) groups is 2. The number of nitrogens with one attached hydrogen (secondary N) is 2. The van der Waals surface area contributed by atoms with Gasteiger partial charge in [-0.15, -0.1) is 0 Å². The van der Waals surface area contributed by atoms with Gasteiger partial charge in [0.25, 0.3) is 0 Å². The lowest BCUT2D eigenvalue weighted by Gasteiger charge is -2.12. The molecular weight excluding hydrogens is 713 g/mol. The Morgan fingerprint density at radius 1 is 0.632 bits per heavy atom. The van der Waals surface area contributed by atoms with Gasteiger partial charge < -0.3 is 24.2 Å². The van der Waals surface area contributed by atoms with E-state index in [9.17, 15) is 9.59 Å². The number of allylic oxidation sites excluding steroid dienone is 4. The van der Waals surface area contributed by atoms with Crippen molar-refractivity contribution < 1.29 is 23.8 Å². The van der Waals surface area contributed by atoms with E-state index in [2.05, 4.69) is 101 Å². The Labute approximate surface area is 337 Å². The minimum atomic E-state index is -0.263. The van der Waals surface area contributed by atoms with Crippen molar-refractivity contribution >= 4 is 56.3 Å². The molecule has 2 aliphatic heterocycles. The largest absolute Gasteiger partial charge is 0.494 e. The lowest BCUT2D eigenvalue weighted by molar-refractivity contribution is -0.141. The van der Waals surface area contributed by atoms with Gasteiger partial charge in [-0.05, 0) is 140 Å². The zero-order chi connectivity index (χ0) is 40.8. The second kappa shape index (κ2) is 18.2. The number of rotatable bonds is 15. The van der Waals surface area contributed by atoms with E-state index in [0.717, 1.165) is 114 Å². The van der Waals surface area contributed by atoms with Crippen LogP contribution < -0.4 is 4.74 Å². The van der Waals surface area contributed by atoms with Crippen LogP contribution in [0.15, 0.2) is 42.5 Å². The Hall–Kier alpha value is -5.44. The molecule has 1 aromatic carbocycles. The number of aromatic nitrogens is 4. The van der Waals surface area contributed by atoms with Gasteiger partial charge in [0, 0.05) is 40.5 Å². The molecule has 0 radical (unpaired) electrons. The van der Waals surface area contributed by atoms with Crippen molar-refractivity contribution in [1.29, 1.82) is 0 Å². The molecule has 0 atom stereocenters. The van der Waals surface area contributed by atoms with Crippen LogP contribution in [-0.4, -0.2) is 52.7 Å². The molecule has 0 amide bonds. The Kier molecular flexibility index (Phi) is 13.2. The molecule has 0 saturated heterocycles. The Balaban J connectivity index is 1.69. The summed E-state index contributed by atoms with van der Waals surface area (Å²) in [6, 6.07) is 14.8. The normalized spacial score (nSPS) is 12.7. The molecule has 300 valence electrons. The summed E-state index contributed by atoms with van der Waals surface area (Å²) < 4.78 is 16.2. The number of hydrogen-bond donors (Lipinski definition) is 2. The molecule has 0 aliphatic carbocycles. The monoisotopic (exact) mass is 770 g/mol. The molecule has 57 heavy (non-hydrogen) atoms. The molecule has 0 unspecified atom stereocenters. The first kappa shape index (κ1) is 41.2. The van der Waals surface area contributed by atoms with Crippen LogP contribution in [0.3, 0.4) is 0 Å². The van der Waals surface area contributed by atoms with Crippen LogP contribution in [0.5, 0.6) is 5.75 Å². The summed E-state index contributed by atoms with van der Waals surface area (Å²) in [4.78, 5) is 43.2. The lowest BCUT2D eigenvalue weighted by Crippen LogP contribution is -2.02. The Morgan fingerprint density at radius 2 is 1.12 bits per heavy atom. The van der Waals surface area contributed by atoms with Gasteiger partial charge in [0.15, 0.2) is 0 Å². The number of methoxy groups -OCH3 is 2. The number of hydrogen-bond acceptors (Lipinski definition) is 7. The van der Waals surface area contributed by atoms with Crippen molar-refractivity contribution in [1.82, 2.24) is 19.9 Å². The Bertz CT molecular complexity index is 2260. The predicted molar refractivity (Wildman–Crippen MR) is 232 cm³/mol. The van der Waals surface area contributed by atoms with Gasteiger partial charge in [-0.2, -0.15) is 0 Å². The third-order valence-corrected chi connectivity index (χ3v) is 11.7. The van der Waals surface area contributed by atoms with E-state index >= 15 is 0 Å². The number of aryl methyl sites for hydroxylation is 4. The van der Waals surface area contributed by atoms with Gasteiger partial charge in [-0.25, -0.2) is 9.97 Å². The molecule has 5 heterocycles. The molecule has 0 saturated carbocycles. The molecule has 4 aromatic rings. The summed E-state index contributed by atoms with van der Waals surface area (Å²) in [6.45, 7) is 15.8. The van der Waals surface area contributed by atoms with E-state index in [1.165, 1.54) is 44.6 Å². The topological polar surface area (TPSA) is 119 Å². The second-order valence-corrected chi connectivity index (χ2v) is 15.1. The number of aromatic amines is 2. The molecule has 9 nitrogen and oxygen atoms in total. The summed E-state index contributed by atoms with van der Waals surface area (Å²) in [5.74, 6) is 0.330. The van der Waals surface area contributed by atoms with E-state index in [1.54, 1.807) is 0 Å². The number of unbranched alkanes of at least 4 members (excludes halogenated alkanes) is 3. The molecule has 3 aromatic heterocycles. The van der Waals surface area contributed by atoms with Crippen LogP contribution in [0.25, 0.3) is 55.5 Å². The van der Waals surface area contributed by atoms with E-state index in [0.29, 0.717) is 19.4 Å². The highest BCUT2D eigenvalue weighted by Gasteiger charge is 2.26. The first-order chi connectivity index (χ1) is 27.5. The smallest absolute Gasteiger partial charge is 0.305 e. The zero-order valence-corrected chi connectivity index (χ0v) is 35.3. The van der Waals surface area contributed by atoms with Gasteiger partial charge >= 0.3 is 11.9 Å². The highest BCUT2D eigenvalue weighted by molar-refractivity contribution is 6.02. The van der Waals surface area contributed by atoms with Crippen molar-refractivity contribution in [2.24, 2.45) is 0 Å². The van der Waals surface area contributed by atoms with Gasteiger partial charge in [-0.3, -0.25) is 9.59 Å². The van der Waals surface area contributed by atoms with Crippen LogP contribution in [0.4, 0.5) is 0 Å². The molecule has 2 N–H and O–H groups in total. The predicted octanol–water partition coefficient (Wildman–Crippen LogP) is 11.5. The van der Waals surface area contributed by atoms with Crippen molar-refractivity contribution in [3.8, 4) is 16.9 Å². The van der Waals surface area contributed by atoms with Crippen LogP contribution >= 0.6 is 0 Å². The third kappa shape index (κ3) is 8.63. The minimum absolute atomic E-state index is 0.246. The molecular formula is C48H58N4O5. The van der Waals surface area contributed by atoms with E-state index < -0.39 is 0 Å². The van der Waals surface area contributed by atoms with E-state index in [-0.39, 0.29) is 24.8 Å². The van der Waals surface area contributed by atoms with Gasteiger partial charge in [-0.1, -0.05) is 52.2 Å². The third-order valence-electron chi connectivity index (χ3n) is 11.7. The van der Waals surface area contributed by atoms with Gasteiger partial charge in [0.2, 0.25) is 0 Å². The zero-order valence-electron chi connectivity index (χ0n) is 35.3. The minimum Gasteiger partial charge on any atom is -0.494 e. The highest BCUT2D eigenvalue weighted by atomic mass is 16.5. The first-order valence-corrected chi connectivity index (χ1v) is 20.6. The first-order valence-electron chi connectivity index (χ1n) is 20.6. The number of H-pyrrole nitrogens is 2. The average Bonchev–Trinajstić information content (AvgIpc) is 3.89. The van der Waals surface area contributed by atoms with Crippen LogP contribution in [0.1, 0.15) is 131 Å². The summed E-state index contributed by atoms with van der Waals surface area (Å²) >= 11 is 0. The molecule has 6 rings (SSSR count). The molecule has 8 bridgehead atoms. The van der Waals surface area contributed by atoms with Crippen molar-refractivity contribution in [2.45, 2.75) is 113 Å². The van der Waals surface area contributed by atoms with Crippen molar-refractivity contribution in [2.75, 3.05) is 20.8 Å². The number of benzene rings is 1. The quantitative estimate of drug-likeness (QED) is 0.0912. The molecule has 2 aliphatic rings. The van der Waals surface area contributed by atoms with Gasteiger partial charge in [0.05, 0.1) is 43.6 Å². The second-order valence-electron chi connectivity index (χ2n) is 15.1. The molecule has 9 heteroatoms. The van der Waals surface area contributed by atoms with Crippen molar-refractivity contribution in [3.63, 3.8) is 0 Å². The maximum atomic E-state index is 12.4. The standard InChI is InChI=1S/C48H58N4O5/c1-10-13-14-15-24-57-33-18-16-32(17-19-33)46-47-30(6)34(11-2)40(51-47)25-38-28(4)36(20-22-44(53)55-8)42(49-38)27-43-37(21-23-45(54)56-9)29(5)39(50-43)26-41-35(12-3)31(7)48(46)52-41/h16-19,25-27,49-50H,10-15,20-24H2,1-9H3. The van der Waals surface area contributed by atoms with Crippen LogP contribution in [0.2, 0.25) is 0 Å². The summed E-state index contributed by atoms with van der Waals surface area (Å²) in [5, 5.41) is 0. The summed E-state index contributed by atoms with van der Waals surface area (Å²) in [7, 11) is 2.84. The van der Waals surface area contributed by atoms with E-state index in [4.69, 9.17) is 24.2 Å². The molecule has 0 spiro atoms. The number of ether oxygens (including phenoxy) is 3. The maximum absolute atomic E-state index is 12.4. The van der Waals surface area contributed by atoms with Crippen LogP contribution in [0, 0.1) is 13.8 Å². The van der Waals surface area contributed by atoms with Crippen molar-refractivity contribution in [3.05, 3.63) is 87.5 Å². The summed E-state index contributed by atoms with van der Waals surface area (Å²) in [5.41, 5.74) is 18.1. The summed E-state index contributed by atoms with van der Waals surface area (Å²) in [6.07, 6.45) is 7.73. The molecule has 0 fully saturated rings. The Morgan fingerprint density at radius 3 is 1.56 bits per heavy atom. The SMILES string of the molecule is CCCCCCOc1ccc(-c2c3nc(cc4[nH]c(cc5[nH]c(cc6nc2C(C)=C6CC)c(C)c5CCC(=O)OC)c(CCC(=O)OC)c4C)C(CC)=C3C)cc1.